The van der Waals surface area contributed by atoms with Gasteiger partial charge in [0.1, 0.15) is 0 Å². The number of aromatic amines is 1. The van der Waals surface area contributed by atoms with Crippen LogP contribution in [0, 0.1) is 0 Å². The molecule has 1 unspecified atom stereocenters. The molecule has 2 aromatic rings. The average molecular weight is 236 g/mol. The lowest BCUT2D eigenvalue weighted by Gasteiger charge is -2.08. The van der Waals surface area contributed by atoms with E-state index < -0.39 is 0 Å². The topological polar surface area (TPSA) is 127 Å². The molecule has 9 heteroatoms. The Morgan fingerprint density at radius 2 is 2.41 bits per heavy atom. The Labute approximate surface area is 96.4 Å². The Morgan fingerprint density at radius 1 is 1.65 bits per heavy atom. The fourth-order valence-corrected chi connectivity index (χ4v) is 1.37. The van der Waals surface area contributed by atoms with Gasteiger partial charge in [-0.05, 0) is 6.92 Å². The first-order chi connectivity index (χ1) is 8.08. The van der Waals surface area contributed by atoms with Crippen LogP contribution in [0.1, 0.15) is 29.3 Å². The Kier molecular flexibility index (Phi) is 2.73. The summed E-state index contributed by atoms with van der Waals surface area (Å²) in [7, 11) is 1.69. The van der Waals surface area contributed by atoms with Gasteiger partial charge in [-0.3, -0.25) is 9.48 Å². The van der Waals surface area contributed by atoms with Crippen molar-refractivity contribution in [2.24, 2.45) is 7.05 Å². The van der Waals surface area contributed by atoms with Gasteiger partial charge in [-0.25, -0.2) is 0 Å². The van der Waals surface area contributed by atoms with Gasteiger partial charge in [-0.2, -0.15) is 10.3 Å². The highest BCUT2D eigenvalue weighted by atomic mass is 16.2. The summed E-state index contributed by atoms with van der Waals surface area (Å²) in [6, 6.07) is -0.373. The zero-order valence-electron chi connectivity index (χ0n) is 9.38. The summed E-state index contributed by atoms with van der Waals surface area (Å²) in [5, 5.41) is 19.9. The molecule has 90 valence electrons. The first-order valence-electron chi connectivity index (χ1n) is 4.91. The first kappa shape index (κ1) is 11.0. The lowest BCUT2D eigenvalue weighted by atomic mass is 10.3. The molecule has 9 nitrogen and oxygen atoms in total. The third kappa shape index (κ3) is 2.22. The highest BCUT2D eigenvalue weighted by Crippen LogP contribution is 2.10. The van der Waals surface area contributed by atoms with Crippen molar-refractivity contribution < 1.29 is 4.79 Å². The predicted octanol–water partition coefficient (Wildman–Crippen LogP) is -0.994. The fourth-order valence-electron chi connectivity index (χ4n) is 1.37. The number of hydrogen-bond acceptors (Lipinski definition) is 6. The zero-order chi connectivity index (χ0) is 12.4. The highest BCUT2D eigenvalue weighted by molar-refractivity contribution is 5.97. The molecule has 0 spiro atoms. The van der Waals surface area contributed by atoms with Crippen LogP contribution in [-0.4, -0.2) is 36.3 Å². The Hall–Kier alpha value is -2.45. The number of rotatable bonds is 3. The van der Waals surface area contributed by atoms with Crippen molar-refractivity contribution in [2.75, 3.05) is 5.73 Å². The average Bonchev–Trinajstić information content (AvgIpc) is 2.87. The van der Waals surface area contributed by atoms with Crippen molar-refractivity contribution in [2.45, 2.75) is 13.0 Å². The van der Waals surface area contributed by atoms with Crippen LogP contribution >= 0.6 is 0 Å². The molecule has 0 aliphatic carbocycles. The lowest BCUT2D eigenvalue weighted by Crippen LogP contribution is -2.28. The largest absolute Gasteiger partial charge is 0.396 e. The van der Waals surface area contributed by atoms with Gasteiger partial charge < -0.3 is 11.1 Å². The van der Waals surface area contributed by atoms with E-state index in [4.69, 9.17) is 5.73 Å². The Balaban J connectivity index is 2.09. The maximum Gasteiger partial charge on any atom is 0.274 e. The van der Waals surface area contributed by atoms with Gasteiger partial charge in [0.05, 0.1) is 11.7 Å². The summed E-state index contributed by atoms with van der Waals surface area (Å²) in [6.07, 6.45) is 1.56. The molecule has 2 rings (SSSR count). The molecule has 17 heavy (non-hydrogen) atoms. The van der Waals surface area contributed by atoms with Crippen LogP contribution in [-0.2, 0) is 7.05 Å². The van der Waals surface area contributed by atoms with Gasteiger partial charge in [0.2, 0.25) is 0 Å². The van der Waals surface area contributed by atoms with E-state index >= 15 is 0 Å². The van der Waals surface area contributed by atoms with E-state index in [-0.39, 0.29) is 17.6 Å². The van der Waals surface area contributed by atoms with Gasteiger partial charge in [0.25, 0.3) is 5.91 Å². The normalized spacial score (nSPS) is 12.4. The number of nitrogens with one attached hydrogen (secondary N) is 2. The third-order valence-corrected chi connectivity index (χ3v) is 2.17. The number of carbonyl (C=O) groups excluding carboxylic acids is 1. The second kappa shape index (κ2) is 4.20. The molecule has 1 amide bonds. The summed E-state index contributed by atoms with van der Waals surface area (Å²) in [5.74, 6) is 0.0215. The number of H-pyrrole nitrogens is 1. The summed E-state index contributed by atoms with van der Waals surface area (Å²) in [6.45, 7) is 1.74. The molecule has 0 aliphatic heterocycles. The van der Waals surface area contributed by atoms with E-state index in [1.165, 1.54) is 4.68 Å². The number of nitrogen functional groups attached to an aromatic ring is 1. The van der Waals surface area contributed by atoms with Crippen molar-refractivity contribution in [3.8, 4) is 0 Å². The van der Waals surface area contributed by atoms with Crippen LogP contribution in [0.3, 0.4) is 0 Å². The second-order valence-corrected chi connectivity index (χ2v) is 3.57. The summed E-state index contributed by atoms with van der Waals surface area (Å²) in [5.41, 5.74) is 6.15. The molecule has 0 aliphatic rings. The molecule has 2 aromatic heterocycles. The SMILES string of the molecule is CC(NC(=O)c1nn(C)cc1N)c1nn[nH]n1. The number of nitrogens with two attached hydrogens (primary N) is 1. The van der Waals surface area contributed by atoms with Gasteiger partial charge in [-0.15, -0.1) is 10.2 Å². The number of aromatic nitrogens is 6. The number of nitrogens with zero attached hydrogens (tertiary/aromatic N) is 5. The highest BCUT2D eigenvalue weighted by Gasteiger charge is 2.18. The smallest absolute Gasteiger partial charge is 0.274 e. The monoisotopic (exact) mass is 236 g/mol. The number of hydrogen-bond donors (Lipinski definition) is 3. The fraction of sp³-hybridized carbons (Fsp3) is 0.375. The second-order valence-electron chi connectivity index (χ2n) is 3.57. The van der Waals surface area contributed by atoms with E-state index in [1.807, 2.05) is 0 Å². The van der Waals surface area contributed by atoms with Crippen LogP contribution < -0.4 is 11.1 Å². The Bertz CT molecular complexity index is 516. The number of aryl methyl sites for hydroxylation is 1. The van der Waals surface area contributed by atoms with Crippen LogP contribution in [0.5, 0.6) is 0 Å². The van der Waals surface area contributed by atoms with Gasteiger partial charge in [0.15, 0.2) is 11.5 Å². The molecular weight excluding hydrogens is 224 g/mol. The van der Waals surface area contributed by atoms with Crippen LogP contribution in [0.4, 0.5) is 5.69 Å². The first-order valence-corrected chi connectivity index (χ1v) is 4.91. The van der Waals surface area contributed by atoms with E-state index in [1.54, 1.807) is 20.2 Å². The van der Waals surface area contributed by atoms with Crippen molar-refractivity contribution >= 4 is 11.6 Å². The summed E-state index contributed by atoms with van der Waals surface area (Å²) < 4.78 is 1.48. The van der Waals surface area contributed by atoms with Crippen LogP contribution in [0.15, 0.2) is 6.20 Å². The molecule has 4 N–H and O–H groups in total. The number of amides is 1. The summed E-state index contributed by atoms with van der Waals surface area (Å²) >= 11 is 0. The van der Waals surface area contributed by atoms with Gasteiger partial charge >= 0.3 is 0 Å². The summed E-state index contributed by atoms with van der Waals surface area (Å²) in [4.78, 5) is 11.8. The van der Waals surface area contributed by atoms with E-state index in [0.29, 0.717) is 11.5 Å². The molecule has 0 saturated heterocycles. The molecular formula is C8H12N8O. The Morgan fingerprint density at radius 3 is 2.94 bits per heavy atom. The molecule has 0 bridgehead atoms. The molecule has 1 atom stereocenters. The quantitative estimate of drug-likeness (QED) is 0.627. The number of carbonyl (C=O) groups is 1. The molecule has 0 radical (unpaired) electrons. The molecule has 2 heterocycles. The van der Waals surface area contributed by atoms with Crippen molar-refractivity contribution in [1.82, 2.24) is 35.7 Å². The van der Waals surface area contributed by atoms with Crippen molar-refractivity contribution in [3.05, 3.63) is 17.7 Å². The van der Waals surface area contributed by atoms with Crippen molar-refractivity contribution in [1.29, 1.82) is 0 Å². The maximum atomic E-state index is 11.8. The minimum atomic E-state index is -0.375. The van der Waals surface area contributed by atoms with Gasteiger partial charge in [-0.1, -0.05) is 5.21 Å². The number of anilines is 1. The standard InChI is InChI=1S/C8H12N8O/c1-4(7-11-14-15-12-7)10-8(17)6-5(9)3-16(2)13-6/h3-4H,9H2,1-2H3,(H,10,17)(H,11,12,14,15). The van der Waals surface area contributed by atoms with E-state index in [9.17, 15) is 4.79 Å². The predicted molar refractivity (Wildman–Crippen MR) is 57.7 cm³/mol. The molecule has 0 saturated carbocycles. The minimum absolute atomic E-state index is 0.183. The third-order valence-electron chi connectivity index (χ3n) is 2.17. The van der Waals surface area contributed by atoms with Crippen LogP contribution in [0.25, 0.3) is 0 Å². The maximum absolute atomic E-state index is 11.8. The van der Waals surface area contributed by atoms with Crippen LogP contribution in [0.2, 0.25) is 0 Å². The van der Waals surface area contributed by atoms with Crippen molar-refractivity contribution in [3.63, 3.8) is 0 Å². The zero-order valence-corrected chi connectivity index (χ0v) is 9.38. The van der Waals surface area contributed by atoms with E-state index in [0.717, 1.165) is 0 Å². The minimum Gasteiger partial charge on any atom is -0.396 e. The molecule has 0 aromatic carbocycles. The number of tetrazole rings is 1. The molecule has 0 fully saturated rings. The lowest BCUT2D eigenvalue weighted by molar-refractivity contribution is 0.0933. The van der Waals surface area contributed by atoms with Gasteiger partial charge in [0, 0.05) is 13.2 Å². The van der Waals surface area contributed by atoms with E-state index in [2.05, 4.69) is 31.0 Å².